The number of nitrogens with two attached hydrogens (primary N) is 1. The molecule has 0 saturated carbocycles. The molecule has 1 unspecified atom stereocenters. The Hall–Kier alpha value is -1.59. The van der Waals surface area contributed by atoms with Gasteiger partial charge in [-0.3, -0.25) is 0 Å². The van der Waals surface area contributed by atoms with Gasteiger partial charge < -0.3 is 20.0 Å². The number of ether oxygens (including phenoxy) is 1. The van der Waals surface area contributed by atoms with Crippen molar-refractivity contribution in [3.8, 4) is 5.75 Å². The first-order valence-corrected chi connectivity index (χ1v) is 6.97. The van der Waals surface area contributed by atoms with E-state index in [0.29, 0.717) is 17.2 Å². The van der Waals surface area contributed by atoms with Gasteiger partial charge in [-0.15, -0.1) is 11.8 Å². The molecule has 0 saturated heterocycles. The summed E-state index contributed by atoms with van der Waals surface area (Å²) in [6.07, 6.45) is 1.12. The fourth-order valence-corrected chi connectivity index (χ4v) is 2.38. The lowest BCUT2D eigenvalue weighted by molar-refractivity contribution is 0.126. The molecule has 0 amide bonds. The maximum absolute atomic E-state index is 9.85. The summed E-state index contributed by atoms with van der Waals surface area (Å²) >= 11 is 1.56. The number of nitrogen functional groups attached to an aromatic ring is 1. The van der Waals surface area contributed by atoms with Gasteiger partial charge in [-0.05, 0) is 37.3 Å². The van der Waals surface area contributed by atoms with Crippen molar-refractivity contribution in [2.75, 3.05) is 18.1 Å². The number of benzene rings is 1. The predicted octanol–water partition coefficient (Wildman–Crippen LogP) is 2.70. The predicted molar refractivity (Wildman–Crippen MR) is 76.5 cm³/mol. The maximum atomic E-state index is 9.85. The van der Waals surface area contributed by atoms with Gasteiger partial charge in [0, 0.05) is 16.3 Å². The van der Waals surface area contributed by atoms with Crippen LogP contribution in [-0.4, -0.2) is 23.6 Å². The average Bonchev–Trinajstić information content (AvgIpc) is 2.81. The molecular formula is C14H17NO3S. The zero-order valence-electron chi connectivity index (χ0n) is 10.7. The van der Waals surface area contributed by atoms with E-state index in [4.69, 9.17) is 14.9 Å². The average molecular weight is 279 g/mol. The molecule has 3 N–H and O–H groups in total. The first-order chi connectivity index (χ1) is 9.15. The van der Waals surface area contributed by atoms with Crippen molar-refractivity contribution >= 4 is 17.4 Å². The van der Waals surface area contributed by atoms with E-state index < -0.39 is 6.10 Å². The van der Waals surface area contributed by atoms with Crippen LogP contribution in [0, 0.1) is 6.92 Å². The van der Waals surface area contributed by atoms with E-state index in [1.165, 1.54) is 0 Å². The van der Waals surface area contributed by atoms with Gasteiger partial charge in [0.05, 0.1) is 12.4 Å². The van der Waals surface area contributed by atoms with E-state index in [2.05, 4.69) is 0 Å². The smallest absolute Gasteiger partial charge is 0.119 e. The number of hydrogen-bond acceptors (Lipinski definition) is 5. The highest BCUT2D eigenvalue weighted by molar-refractivity contribution is 7.99. The van der Waals surface area contributed by atoms with Gasteiger partial charge in [0.2, 0.25) is 0 Å². The number of hydrogen-bond donors (Lipinski definition) is 2. The Labute approximate surface area is 116 Å². The van der Waals surface area contributed by atoms with E-state index in [0.717, 1.165) is 10.7 Å². The Morgan fingerprint density at radius 2 is 2.05 bits per heavy atom. The van der Waals surface area contributed by atoms with E-state index in [1.54, 1.807) is 42.3 Å². The van der Waals surface area contributed by atoms with Gasteiger partial charge in [0.1, 0.15) is 18.1 Å². The molecule has 1 heterocycles. The van der Waals surface area contributed by atoms with Gasteiger partial charge in [-0.2, -0.15) is 0 Å². The summed E-state index contributed by atoms with van der Waals surface area (Å²) < 4.78 is 10.7. The molecule has 19 heavy (non-hydrogen) atoms. The van der Waals surface area contributed by atoms with Gasteiger partial charge in [0.25, 0.3) is 0 Å². The molecule has 0 aliphatic heterocycles. The number of anilines is 1. The second-order valence-corrected chi connectivity index (χ2v) is 5.25. The fraction of sp³-hybridized carbons (Fsp3) is 0.286. The SMILES string of the molecule is Cc1occc1SCC(O)COc1ccc(N)cc1. The van der Waals surface area contributed by atoms with Crippen LogP contribution < -0.4 is 10.5 Å². The summed E-state index contributed by atoms with van der Waals surface area (Å²) in [4.78, 5) is 1.05. The van der Waals surface area contributed by atoms with Crippen molar-refractivity contribution in [1.29, 1.82) is 0 Å². The molecule has 0 spiro atoms. The molecule has 0 radical (unpaired) electrons. The summed E-state index contributed by atoms with van der Waals surface area (Å²) in [5.41, 5.74) is 6.27. The van der Waals surface area contributed by atoms with Crippen molar-refractivity contribution in [2.45, 2.75) is 17.9 Å². The van der Waals surface area contributed by atoms with Crippen molar-refractivity contribution in [3.63, 3.8) is 0 Å². The van der Waals surface area contributed by atoms with Crippen molar-refractivity contribution in [1.82, 2.24) is 0 Å². The molecule has 1 atom stereocenters. The normalized spacial score (nSPS) is 12.3. The van der Waals surface area contributed by atoms with Crippen LogP contribution in [0.4, 0.5) is 5.69 Å². The lowest BCUT2D eigenvalue weighted by Gasteiger charge is -2.12. The molecule has 102 valence electrons. The number of aliphatic hydroxyl groups is 1. The molecule has 2 aromatic rings. The molecule has 0 aliphatic carbocycles. The maximum Gasteiger partial charge on any atom is 0.119 e. The van der Waals surface area contributed by atoms with E-state index in [1.807, 2.05) is 13.0 Å². The molecule has 1 aromatic carbocycles. The second kappa shape index (κ2) is 6.54. The van der Waals surface area contributed by atoms with Gasteiger partial charge in [0.15, 0.2) is 0 Å². The summed E-state index contributed by atoms with van der Waals surface area (Å²) in [6, 6.07) is 9.01. The summed E-state index contributed by atoms with van der Waals surface area (Å²) in [5.74, 6) is 2.14. The number of aryl methyl sites for hydroxylation is 1. The minimum atomic E-state index is -0.531. The largest absolute Gasteiger partial charge is 0.491 e. The first kappa shape index (κ1) is 13.8. The van der Waals surface area contributed by atoms with Crippen molar-refractivity contribution < 1.29 is 14.3 Å². The minimum Gasteiger partial charge on any atom is -0.491 e. The Morgan fingerprint density at radius 3 is 2.68 bits per heavy atom. The van der Waals surface area contributed by atoms with E-state index >= 15 is 0 Å². The van der Waals surface area contributed by atoms with Crippen LogP contribution in [0.3, 0.4) is 0 Å². The molecule has 0 fully saturated rings. The van der Waals surface area contributed by atoms with Crippen LogP contribution in [0.25, 0.3) is 0 Å². The van der Waals surface area contributed by atoms with Crippen LogP contribution in [0.5, 0.6) is 5.75 Å². The van der Waals surface area contributed by atoms with Crippen molar-refractivity contribution in [3.05, 3.63) is 42.4 Å². The zero-order chi connectivity index (χ0) is 13.7. The Bertz CT molecular complexity index is 510. The van der Waals surface area contributed by atoms with Crippen LogP contribution in [-0.2, 0) is 0 Å². The third-order valence-corrected chi connectivity index (χ3v) is 3.85. The third kappa shape index (κ3) is 4.22. The standard InChI is InChI=1S/C14H17NO3S/c1-10-14(6-7-17-10)19-9-12(16)8-18-13-4-2-11(15)3-5-13/h2-7,12,16H,8-9,15H2,1H3. The summed E-state index contributed by atoms with van der Waals surface area (Å²) in [6.45, 7) is 2.16. The van der Waals surface area contributed by atoms with Gasteiger partial charge in [-0.25, -0.2) is 0 Å². The molecule has 4 nitrogen and oxygen atoms in total. The number of rotatable bonds is 6. The quantitative estimate of drug-likeness (QED) is 0.628. The van der Waals surface area contributed by atoms with Crippen LogP contribution in [0.2, 0.25) is 0 Å². The number of furan rings is 1. The highest BCUT2D eigenvalue weighted by atomic mass is 32.2. The van der Waals surface area contributed by atoms with Crippen LogP contribution in [0.1, 0.15) is 5.76 Å². The Balaban J connectivity index is 1.74. The zero-order valence-corrected chi connectivity index (χ0v) is 11.5. The van der Waals surface area contributed by atoms with Gasteiger partial charge in [-0.1, -0.05) is 0 Å². The summed E-state index contributed by atoms with van der Waals surface area (Å²) in [5, 5.41) is 9.85. The van der Waals surface area contributed by atoms with E-state index in [9.17, 15) is 5.11 Å². The highest BCUT2D eigenvalue weighted by Gasteiger charge is 2.09. The Morgan fingerprint density at radius 1 is 1.32 bits per heavy atom. The number of thioether (sulfide) groups is 1. The van der Waals surface area contributed by atoms with Gasteiger partial charge >= 0.3 is 0 Å². The molecular weight excluding hydrogens is 262 g/mol. The molecule has 5 heteroatoms. The molecule has 2 rings (SSSR count). The highest BCUT2D eigenvalue weighted by Crippen LogP contribution is 2.23. The van der Waals surface area contributed by atoms with E-state index in [-0.39, 0.29) is 6.61 Å². The monoisotopic (exact) mass is 279 g/mol. The lowest BCUT2D eigenvalue weighted by atomic mass is 10.3. The lowest BCUT2D eigenvalue weighted by Crippen LogP contribution is -2.20. The first-order valence-electron chi connectivity index (χ1n) is 5.98. The minimum absolute atomic E-state index is 0.258. The summed E-state index contributed by atoms with van der Waals surface area (Å²) in [7, 11) is 0. The van der Waals surface area contributed by atoms with Crippen LogP contribution >= 0.6 is 11.8 Å². The molecule has 1 aromatic heterocycles. The third-order valence-electron chi connectivity index (χ3n) is 2.56. The topological polar surface area (TPSA) is 68.6 Å². The second-order valence-electron chi connectivity index (χ2n) is 4.19. The van der Waals surface area contributed by atoms with Crippen LogP contribution in [0.15, 0.2) is 45.9 Å². The molecule has 0 aliphatic rings. The number of aliphatic hydroxyl groups excluding tert-OH is 1. The molecule has 0 bridgehead atoms. The Kier molecular flexibility index (Phi) is 4.76. The van der Waals surface area contributed by atoms with Crippen molar-refractivity contribution in [2.24, 2.45) is 0 Å². The fourth-order valence-electron chi connectivity index (χ4n) is 1.51.